The van der Waals surface area contributed by atoms with Crippen molar-refractivity contribution in [1.29, 1.82) is 0 Å². The molecule has 0 radical (unpaired) electrons. The lowest BCUT2D eigenvalue weighted by Crippen LogP contribution is -1.86. The molecule has 0 saturated carbocycles. The van der Waals surface area contributed by atoms with Crippen molar-refractivity contribution < 1.29 is 4.74 Å². The summed E-state index contributed by atoms with van der Waals surface area (Å²) in [6, 6.07) is 7.77. The molecule has 0 spiro atoms. The van der Waals surface area contributed by atoms with Crippen LogP contribution in [-0.4, -0.2) is 7.11 Å². The molecule has 0 heterocycles. The molecule has 1 aromatic rings. The molecule has 0 fully saturated rings. The zero-order valence-electron chi connectivity index (χ0n) is 6.67. The highest BCUT2D eigenvalue weighted by Gasteiger charge is 2.00. The summed E-state index contributed by atoms with van der Waals surface area (Å²) in [5.74, 6) is 0.856. The number of halogens is 1. The lowest BCUT2D eigenvalue weighted by atomic mass is 10.1. The largest absolute Gasteiger partial charge is 0.497 e. The van der Waals surface area contributed by atoms with Crippen molar-refractivity contribution in [2.75, 3.05) is 7.11 Å². The molecule has 1 atom stereocenters. The van der Waals surface area contributed by atoms with Crippen LogP contribution in [0.25, 0.3) is 0 Å². The summed E-state index contributed by atoms with van der Waals surface area (Å²) in [7, 11) is 1.65. The predicted octanol–water partition coefficient (Wildman–Crippen LogP) is 3.00. The van der Waals surface area contributed by atoms with Gasteiger partial charge in [0.2, 0.25) is 0 Å². The van der Waals surface area contributed by atoms with Gasteiger partial charge < -0.3 is 4.74 Å². The summed E-state index contributed by atoms with van der Waals surface area (Å²) < 4.78 is 5.05. The molecule has 1 nitrogen and oxygen atoms in total. The molecule has 1 rings (SSSR count). The first-order valence-electron chi connectivity index (χ1n) is 3.52. The van der Waals surface area contributed by atoms with E-state index in [1.165, 1.54) is 0 Å². The lowest BCUT2D eigenvalue weighted by molar-refractivity contribution is 0.414. The van der Waals surface area contributed by atoms with E-state index in [0.717, 1.165) is 11.3 Å². The molecule has 0 bridgehead atoms. The third-order valence-electron chi connectivity index (χ3n) is 1.55. The van der Waals surface area contributed by atoms with Gasteiger partial charge in [0, 0.05) is 0 Å². The molecule has 0 aliphatic heterocycles. The minimum Gasteiger partial charge on any atom is -0.497 e. The normalized spacial score (nSPS) is 12.6. The maximum absolute atomic E-state index is 5.88. The fourth-order valence-corrected chi connectivity index (χ4v) is 1.02. The molecule has 0 aliphatic rings. The van der Waals surface area contributed by atoms with Gasteiger partial charge in [0.15, 0.2) is 0 Å². The molecular formula is C9H11ClO. The SMILES string of the molecule is COc1cccc(C(C)Cl)c1. The average Bonchev–Trinajstić information content (AvgIpc) is 2.05. The summed E-state index contributed by atoms with van der Waals surface area (Å²) in [6.45, 7) is 1.94. The van der Waals surface area contributed by atoms with E-state index in [0.29, 0.717) is 0 Å². The van der Waals surface area contributed by atoms with Gasteiger partial charge in [-0.25, -0.2) is 0 Å². The Balaban J connectivity index is 2.91. The van der Waals surface area contributed by atoms with Crippen LogP contribution in [0.3, 0.4) is 0 Å². The number of hydrogen-bond donors (Lipinski definition) is 0. The molecule has 0 saturated heterocycles. The summed E-state index contributed by atoms with van der Waals surface area (Å²) in [5, 5.41) is 0.0464. The molecule has 0 amide bonds. The first-order chi connectivity index (χ1) is 5.24. The van der Waals surface area contributed by atoms with Crippen LogP contribution in [0.2, 0.25) is 0 Å². The summed E-state index contributed by atoms with van der Waals surface area (Å²) in [4.78, 5) is 0. The average molecular weight is 171 g/mol. The monoisotopic (exact) mass is 170 g/mol. The highest BCUT2D eigenvalue weighted by atomic mass is 35.5. The Kier molecular flexibility index (Phi) is 2.77. The minimum absolute atomic E-state index is 0.0464. The Labute approximate surface area is 71.9 Å². The van der Waals surface area contributed by atoms with Crippen molar-refractivity contribution in [3.63, 3.8) is 0 Å². The fourth-order valence-electron chi connectivity index (χ4n) is 0.889. The maximum atomic E-state index is 5.88. The second-order valence-corrected chi connectivity index (χ2v) is 3.05. The van der Waals surface area contributed by atoms with Crippen molar-refractivity contribution in [3.8, 4) is 5.75 Å². The number of benzene rings is 1. The van der Waals surface area contributed by atoms with Crippen LogP contribution in [0.5, 0.6) is 5.75 Å². The van der Waals surface area contributed by atoms with Crippen molar-refractivity contribution in [2.45, 2.75) is 12.3 Å². The topological polar surface area (TPSA) is 9.23 Å². The van der Waals surface area contributed by atoms with Crippen LogP contribution in [0.1, 0.15) is 17.9 Å². The number of alkyl halides is 1. The molecule has 0 aromatic heterocycles. The molecule has 2 heteroatoms. The van der Waals surface area contributed by atoms with Gasteiger partial charge in [-0.3, -0.25) is 0 Å². The van der Waals surface area contributed by atoms with Gasteiger partial charge in [-0.15, -0.1) is 11.6 Å². The zero-order chi connectivity index (χ0) is 8.27. The molecule has 0 aliphatic carbocycles. The number of hydrogen-bond acceptors (Lipinski definition) is 1. The smallest absolute Gasteiger partial charge is 0.119 e. The van der Waals surface area contributed by atoms with Gasteiger partial charge in [0.05, 0.1) is 12.5 Å². The van der Waals surface area contributed by atoms with Gasteiger partial charge in [-0.1, -0.05) is 12.1 Å². The van der Waals surface area contributed by atoms with Gasteiger partial charge in [-0.05, 0) is 24.6 Å². The fraction of sp³-hybridized carbons (Fsp3) is 0.333. The zero-order valence-corrected chi connectivity index (χ0v) is 7.43. The maximum Gasteiger partial charge on any atom is 0.119 e. The molecule has 11 heavy (non-hydrogen) atoms. The molecule has 0 N–H and O–H groups in total. The van der Waals surface area contributed by atoms with Crippen LogP contribution in [0.15, 0.2) is 24.3 Å². The van der Waals surface area contributed by atoms with Crippen molar-refractivity contribution in [2.24, 2.45) is 0 Å². The van der Waals surface area contributed by atoms with Crippen molar-refractivity contribution in [1.82, 2.24) is 0 Å². The van der Waals surface area contributed by atoms with Crippen LogP contribution in [-0.2, 0) is 0 Å². The molecular weight excluding hydrogens is 160 g/mol. The van der Waals surface area contributed by atoms with E-state index in [9.17, 15) is 0 Å². The van der Waals surface area contributed by atoms with Crippen LogP contribution in [0.4, 0.5) is 0 Å². The first kappa shape index (κ1) is 8.41. The quantitative estimate of drug-likeness (QED) is 0.620. The second-order valence-electron chi connectivity index (χ2n) is 2.39. The second kappa shape index (κ2) is 3.63. The highest BCUT2D eigenvalue weighted by molar-refractivity contribution is 6.20. The van der Waals surface area contributed by atoms with Crippen molar-refractivity contribution >= 4 is 11.6 Å². The Hall–Kier alpha value is -0.690. The Bertz CT molecular complexity index is 233. The molecule has 1 unspecified atom stereocenters. The van der Waals surface area contributed by atoms with E-state index in [1.54, 1.807) is 7.11 Å². The van der Waals surface area contributed by atoms with E-state index in [4.69, 9.17) is 16.3 Å². The standard InChI is InChI=1S/C9H11ClO/c1-7(10)8-4-3-5-9(6-8)11-2/h3-7H,1-2H3. The minimum atomic E-state index is 0.0464. The van der Waals surface area contributed by atoms with Gasteiger partial charge in [0.1, 0.15) is 5.75 Å². The lowest BCUT2D eigenvalue weighted by Gasteiger charge is -2.04. The van der Waals surface area contributed by atoms with E-state index >= 15 is 0 Å². The van der Waals surface area contributed by atoms with E-state index < -0.39 is 0 Å². The van der Waals surface area contributed by atoms with Gasteiger partial charge in [0.25, 0.3) is 0 Å². The van der Waals surface area contributed by atoms with Crippen LogP contribution < -0.4 is 4.74 Å². The molecule has 1 aromatic carbocycles. The van der Waals surface area contributed by atoms with E-state index in [-0.39, 0.29) is 5.38 Å². The van der Waals surface area contributed by atoms with E-state index in [1.807, 2.05) is 31.2 Å². The van der Waals surface area contributed by atoms with Gasteiger partial charge in [-0.2, -0.15) is 0 Å². The first-order valence-corrected chi connectivity index (χ1v) is 3.95. The molecule has 60 valence electrons. The van der Waals surface area contributed by atoms with E-state index in [2.05, 4.69) is 0 Å². The highest BCUT2D eigenvalue weighted by Crippen LogP contribution is 2.22. The number of methoxy groups -OCH3 is 1. The third-order valence-corrected chi connectivity index (χ3v) is 1.81. The Morgan fingerprint density at radius 3 is 2.73 bits per heavy atom. The summed E-state index contributed by atoms with van der Waals surface area (Å²) >= 11 is 5.88. The summed E-state index contributed by atoms with van der Waals surface area (Å²) in [5.41, 5.74) is 1.09. The number of ether oxygens (including phenoxy) is 1. The predicted molar refractivity (Wildman–Crippen MR) is 47.3 cm³/mol. The van der Waals surface area contributed by atoms with Gasteiger partial charge >= 0.3 is 0 Å². The van der Waals surface area contributed by atoms with Crippen molar-refractivity contribution in [3.05, 3.63) is 29.8 Å². The summed E-state index contributed by atoms with van der Waals surface area (Å²) in [6.07, 6.45) is 0. The third kappa shape index (κ3) is 2.12. The number of rotatable bonds is 2. The van der Waals surface area contributed by atoms with Crippen LogP contribution >= 0.6 is 11.6 Å². The Morgan fingerprint density at radius 1 is 1.45 bits per heavy atom. The Morgan fingerprint density at radius 2 is 2.18 bits per heavy atom. The van der Waals surface area contributed by atoms with Crippen LogP contribution in [0, 0.1) is 0 Å².